The van der Waals surface area contributed by atoms with Gasteiger partial charge in [-0.25, -0.2) is 0 Å². The molecule has 168 valence electrons. The number of amides is 3. The molecule has 0 spiro atoms. The van der Waals surface area contributed by atoms with Crippen LogP contribution < -0.4 is 15.1 Å². The molecule has 33 heavy (non-hydrogen) atoms. The van der Waals surface area contributed by atoms with Crippen molar-refractivity contribution in [3.8, 4) is 0 Å². The first kappa shape index (κ1) is 21.6. The number of aliphatic hydroxyl groups excluding tert-OH is 1. The summed E-state index contributed by atoms with van der Waals surface area (Å²) >= 11 is 7.11. The molecule has 0 aliphatic carbocycles. The van der Waals surface area contributed by atoms with Crippen molar-refractivity contribution in [2.24, 2.45) is 0 Å². The number of nitrogens with zero attached hydrogens (tertiary/aromatic N) is 2. The fourth-order valence-corrected chi connectivity index (χ4v) is 5.16. The number of benzene rings is 2. The van der Waals surface area contributed by atoms with E-state index in [4.69, 9.17) is 11.6 Å². The van der Waals surface area contributed by atoms with Crippen LogP contribution in [-0.4, -0.2) is 35.5 Å². The van der Waals surface area contributed by atoms with Crippen LogP contribution in [0.25, 0.3) is 0 Å². The first-order chi connectivity index (χ1) is 15.9. The summed E-state index contributed by atoms with van der Waals surface area (Å²) in [6.07, 6.45) is 0.250. The summed E-state index contributed by atoms with van der Waals surface area (Å²) in [5, 5.41) is 12.7. The minimum Gasteiger partial charge on any atom is -0.383 e. The number of nitrogens with one attached hydrogen (secondary N) is 1. The number of carbonyl (C=O) groups excluding carboxylic acids is 3. The van der Waals surface area contributed by atoms with E-state index in [1.807, 2.05) is 12.1 Å². The quantitative estimate of drug-likeness (QED) is 0.581. The summed E-state index contributed by atoms with van der Waals surface area (Å²) in [6, 6.07) is 15.8. The number of halogens is 1. The van der Waals surface area contributed by atoms with Crippen LogP contribution in [-0.2, 0) is 11.3 Å². The third-order valence-corrected chi connectivity index (χ3v) is 7.10. The van der Waals surface area contributed by atoms with E-state index in [1.165, 1.54) is 11.3 Å². The minimum absolute atomic E-state index is 0.206. The highest BCUT2D eigenvalue weighted by atomic mass is 35.5. The molecule has 1 unspecified atom stereocenters. The second-order valence-corrected chi connectivity index (χ2v) is 9.67. The summed E-state index contributed by atoms with van der Waals surface area (Å²) < 4.78 is 0.518. The average Bonchev–Trinajstić information content (AvgIpc) is 3.40. The molecule has 1 fully saturated rings. The van der Waals surface area contributed by atoms with Gasteiger partial charge in [0.1, 0.15) is 6.10 Å². The molecule has 3 aromatic rings. The Morgan fingerprint density at radius 1 is 1.03 bits per heavy atom. The van der Waals surface area contributed by atoms with Crippen LogP contribution in [0, 0.1) is 0 Å². The molecule has 9 heteroatoms. The summed E-state index contributed by atoms with van der Waals surface area (Å²) in [7, 11) is 0. The van der Waals surface area contributed by atoms with Crippen molar-refractivity contribution < 1.29 is 19.5 Å². The Kier molecular flexibility index (Phi) is 5.65. The highest BCUT2D eigenvalue weighted by Crippen LogP contribution is 2.34. The molecule has 3 amide bonds. The molecule has 1 atom stereocenters. The molecule has 3 heterocycles. The molecular weight excluding hydrogens is 462 g/mol. The maximum Gasteiger partial charge on any atom is 0.265 e. The number of aliphatic hydroxyl groups is 1. The van der Waals surface area contributed by atoms with Crippen molar-refractivity contribution in [2.45, 2.75) is 25.5 Å². The van der Waals surface area contributed by atoms with E-state index in [9.17, 15) is 19.5 Å². The van der Waals surface area contributed by atoms with Gasteiger partial charge in [0, 0.05) is 17.9 Å². The number of thiophene rings is 1. The normalized spacial score (nSPS) is 17.9. The summed E-state index contributed by atoms with van der Waals surface area (Å²) in [5.74, 6) is -0.822. The lowest BCUT2D eigenvalue weighted by atomic mass is 10.1. The molecule has 1 aromatic heterocycles. The molecule has 1 saturated heterocycles. The molecule has 2 aliphatic heterocycles. The highest BCUT2D eigenvalue weighted by molar-refractivity contribution is 7.18. The molecular formula is C24H20ClN3O4S. The number of hydrogen-bond acceptors (Lipinski definition) is 5. The van der Waals surface area contributed by atoms with Gasteiger partial charge in [0.25, 0.3) is 17.7 Å². The largest absolute Gasteiger partial charge is 0.383 e. The molecule has 5 rings (SSSR count). The van der Waals surface area contributed by atoms with Crippen molar-refractivity contribution in [1.82, 2.24) is 0 Å². The molecule has 0 radical (unpaired) electrons. The number of carbonyl (C=O) groups is 3. The van der Waals surface area contributed by atoms with Gasteiger partial charge in [-0.1, -0.05) is 23.7 Å². The predicted molar refractivity (Wildman–Crippen MR) is 128 cm³/mol. The number of fused-ring (bicyclic) bond motifs is 1. The topological polar surface area (TPSA) is 90.0 Å². The summed E-state index contributed by atoms with van der Waals surface area (Å²) in [4.78, 5) is 41.8. The van der Waals surface area contributed by atoms with Crippen LogP contribution in [0.4, 0.5) is 17.1 Å². The van der Waals surface area contributed by atoms with Crippen LogP contribution >= 0.6 is 22.9 Å². The fraction of sp³-hybridized carbons (Fsp3) is 0.208. The average molecular weight is 482 g/mol. The molecule has 2 aromatic carbocycles. The van der Waals surface area contributed by atoms with Gasteiger partial charge in [0.15, 0.2) is 0 Å². The first-order valence-corrected chi connectivity index (χ1v) is 11.7. The molecule has 0 saturated carbocycles. The van der Waals surface area contributed by atoms with E-state index in [0.29, 0.717) is 51.3 Å². The molecule has 0 bridgehead atoms. The third-order valence-electron chi connectivity index (χ3n) is 5.87. The van der Waals surface area contributed by atoms with Gasteiger partial charge in [-0.15, -0.1) is 11.3 Å². The Morgan fingerprint density at radius 2 is 1.76 bits per heavy atom. The number of hydrogen-bond donors (Lipinski definition) is 2. The van der Waals surface area contributed by atoms with Gasteiger partial charge in [-0.3, -0.25) is 14.4 Å². The van der Waals surface area contributed by atoms with Crippen LogP contribution in [0.3, 0.4) is 0 Å². The Balaban J connectivity index is 1.36. The highest BCUT2D eigenvalue weighted by Gasteiger charge is 2.32. The summed E-state index contributed by atoms with van der Waals surface area (Å²) in [5.41, 5.74) is 3.12. The van der Waals surface area contributed by atoms with Crippen molar-refractivity contribution in [3.05, 3.63) is 74.9 Å². The number of piperidine rings is 1. The van der Waals surface area contributed by atoms with Crippen molar-refractivity contribution in [3.63, 3.8) is 0 Å². The van der Waals surface area contributed by atoms with E-state index in [2.05, 4.69) is 5.32 Å². The Labute approximate surface area is 199 Å². The van der Waals surface area contributed by atoms with Gasteiger partial charge in [-0.2, -0.15) is 0 Å². The van der Waals surface area contributed by atoms with Crippen molar-refractivity contribution >= 4 is 57.7 Å². The van der Waals surface area contributed by atoms with Crippen LogP contribution in [0.5, 0.6) is 0 Å². The second-order valence-electron chi connectivity index (χ2n) is 7.95. The van der Waals surface area contributed by atoms with Crippen LogP contribution in [0.15, 0.2) is 54.6 Å². The molecule has 2 aliphatic rings. The molecule has 2 N–H and O–H groups in total. The maximum atomic E-state index is 13.3. The monoisotopic (exact) mass is 481 g/mol. The third kappa shape index (κ3) is 4.01. The van der Waals surface area contributed by atoms with Gasteiger partial charge < -0.3 is 20.2 Å². The van der Waals surface area contributed by atoms with E-state index >= 15 is 0 Å². The van der Waals surface area contributed by atoms with Gasteiger partial charge in [0.2, 0.25) is 0 Å². The Hall–Kier alpha value is -3.20. The Bertz CT molecular complexity index is 1260. The number of rotatable bonds is 4. The van der Waals surface area contributed by atoms with Crippen molar-refractivity contribution in [1.29, 1.82) is 0 Å². The minimum atomic E-state index is -0.966. The van der Waals surface area contributed by atoms with Crippen molar-refractivity contribution in [2.75, 3.05) is 21.7 Å². The lowest BCUT2D eigenvalue weighted by Gasteiger charge is -2.30. The van der Waals surface area contributed by atoms with Gasteiger partial charge in [0.05, 0.1) is 27.0 Å². The fourth-order valence-electron chi connectivity index (χ4n) is 4.22. The zero-order valence-electron chi connectivity index (χ0n) is 17.5. The lowest BCUT2D eigenvalue weighted by Crippen LogP contribution is -2.44. The SMILES string of the molecule is O=C(Nc1cccc2c1C(=O)N(c1ccc(N3CCCC(O)C3=O)cc1)C2)c1ccc(Cl)s1. The van der Waals surface area contributed by atoms with Gasteiger partial charge >= 0.3 is 0 Å². The van der Waals surface area contributed by atoms with Crippen LogP contribution in [0.2, 0.25) is 4.34 Å². The zero-order chi connectivity index (χ0) is 23.1. The lowest BCUT2D eigenvalue weighted by molar-refractivity contribution is -0.128. The maximum absolute atomic E-state index is 13.3. The second kappa shape index (κ2) is 8.62. The number of anilines is 3. The smallest absolute Gasteiger partial charge is 0.265 e. The van der Waals surface area contributed by atoms with E-state index in [0.717, 1.165) is 12.0 Å². The van der Waals surface area contributed by atoms with E-state index in [1.54, 1.807) is 52.3 Å². The predicted octanol–water partition coefficient (Wildman–Crippen LogP) is 4.30. The standard InChI is InChI=1S/C24H20ClN3O4S/c25-20-11-10-19(33-20)22(30)26-17-4-1-3-14-13-28(24(32)21(14)17)16-8-6-15(7-9-16)27-12-2-5-18(29)23(27)31/h1,3-4,6-11,18,29H,2,5,12-13H2,(H,26,30). The Morgan fingerprint density at radius 3 is 2.45 bits per heavy atom. The van der Waals surface area contributed by atoms with E-state index in [-0.39, 0.29) is 17.7 Å². The van der Waals surface area contributed by atoms with E-state index < -0.39 is 6.10 Å². The zero-order valence-corrected chi connectivity index (χ0v) is 19.0. The van der Waals surface area contributed by atoms with Crippen LogP contribution in [0.1, 0.15) is 38.4 Å². The summed E-state index contributed by atoms with van der Waals surface area (Å²) in [6.45, 7) is 0.936. The first-order valence-electron chi connectivity index (χ1n) is 10.5. The van der Waals surface area contributed by atoms with Gasteiger partial charge in [-0.05, 0) is 60.9 Å². The molecule has 7 nitrogen and oxygen atoms in total.